The molecule has 0 bridgehead atoms. The Morgan fingerprint density at radius 1 is 1.91 bits per heavy atom. The fraction of sp³-hybridized carbons (Fsp3) is 0.333. The van der Waals surface area contributed by atoms with Gasteiger partial charge in [-0.05, 0) is 6.92 Å². The molecule has 0 radical (unpaired) electrons. The van der Waals surface area contributed by atoms with E-state index in [0.717, 1.165) is 0 Å². The van der Waals surface area contributed by atoms with Gasteiger partial charge < -0.3 is 4.55 Å². The van der Waals surface area contributed by atoms with Crippen LogP contribution in [0.4, 0.5) is 0 Å². The summed E-state index contributed by atoms with van der Waals surface area (Å²) in [7, 11) is 0. The third-order valence-electron chi connectivity index (χ3n) is 1.05. The van der Waals surface area contributed by atoms with Gasteiger partial charge in [-0.2, -0.15) is 10.2 Å². The van der Waals surface area contributed by atoms with Crippen LogP contribution in [0.3, 0.4) is 0 Å². The molecule has 1 unspecified atom stereocenters. The van der Waals surface area contributed by atoms with Crippen LogP contribution in [0, 0.1) is 11.3 Å². The average Bonchev–Trinajstić information content (AvgIpc) is 2.50. The Morgan fingerprint density at radius 3 is 3.09 bits per heavy atom. The highest BCUT2D eigenvalue weighted by Crippen LogP contribution is 2.17. The van der Waals surface area contributed by atoms with Gasteiger partial charge in [-0.25, -0.2) is 0 Å². The topological polar surface area (TPSA) is 59.7 Å². The quantitative estimate of drug-likeness (QED) is 0.651. The van der Waals surface area contributed by atoms with Crippen LogP contribution >= 0.6 is 11.3 Å². The van der Waals surface area contributed by atoms with E-state index in [9.17, 15) is 4.55 Å². The molecule has 0 saturated heterocycles. The van der Waals surface area contributed by atoms with Crippen LogP contribution in [-0.2, 0) is 11.2 Å². The molecule has 0 N–H and O–H groups in total. The maximum Gasteiger partial charge on any atom is 0.302 e. The second-order valence-electron chi connectivity index (χ2n) is 1.74. The van der Waals surface area contributed by atoms with Crippen molar-refractivity contribution in [2.75, 3.05) is 5.75 Å². The Morgan fingerprint density at radius 2 is 2.64 bits per heavy atom. The molecule has 1 rings (SSSR count). The Balaban J connectivity index is 2.82. The molecule has 0 spiro atoms. The van der Waals surface area contributed by atoms with E-state index in [1.165, 1.54) is 17.5 Å². The summed E-state index contributed by atoms with van der Waals surface area (Å²) in [4.78, 5) is 4.37. The first-order chi connectivity index (χ1) is 5.27. The maximum atomic E-state index is 11.1. The lowest BCUT2D eigenvalue weighted by molar-refractivity contribution is 0.595. The minimum Gasteiger partial charge on any atom is -0.610 e. The summed E-state index contributed by atoms with van der Waals surface area (Å²) in [5.41, 5.74) is 0. The summed E-state index contributed by atoms with van der Waals surface area (Å²) in [6, 6.07) is 1.95. The highest BCUT2D eigenvalue weighted by molar-refractivity contribution is 7.93. The Hall–Kier alpha value is -0.570. The van der Waals surface area contributed by atoms with Crippen LogP contribution in [-0.4, -0.2) is 15.3 Å². The fourth-order valence-corrected chi connectivity index (χ4v) is 2.40. The molecule has 5 heteroatoms. The molecule has 1 heterocycles. The van der Waals surface area contributed by atoms with E-state index in [0.29, 0.717) is 15.0 Å². The van der Waals surface area contributed by atoms with Gasteiger partial charge in [0, 0.05) is 11.2 Å². The minimum absolute atomic E-state index is 0.516. The lowest BCUT2D eigenvalue weighted by Crippen LogP contribution is -2.02. The second kappa shape index (κ2) is 3.72. The van der Waals surface area contributed by atoms with Crippen LogP contribution in [0.2, 0.25) is 0 Å². The van der Waals surface area contributed by atoms with E-state index < -0.39 is 11.2 Å². The van der Waals surface area contributed by atoms with Gasteiger partial charge in [0.15, 0.2) is 0 Å². The Labute approximate surface area is 71.9 Å². The number of nitrogens with zero attached hydrogens (tertiary/aromatic N) is 2. The molecular formula is C6H6N2OS2. The van der Waals surface area contributed by atoms with Crippen molar-refractivity contribution in [1.82, 2.24) is 4.98 Å². The summed E-state index contributed by atoms with van der Waals surface area (Å²) in [6.07, 6.45) is 1.45. The zero-order valence-corrected chi connectivity index (χ0v) is 7.54. The van der Waals surface area contributed by atoms with Crippen molar-refractivity contribution in [1.29, 1.82) is 5.26 Å². The molecule has 0 aliphatic rings. The van der Waals surface area contributed by atoms with Crippen LogP contribution in [0.15, 0.2) is 10.5 Å². The van der Waals surface area contributed by atoms with Gasteiger partial charge in [-0.3, -0.25) is 0 Å². The Bertz CT molecular complexity index is 278. The predicted molar refractivity (Wildman–Crippen MR) is 43.8 cm³/mol. The molecule has 11 heavy (non-hydrogen) atoms. The monoisotopic (exact) mass is 186 g/mol. The molecule has 0 fully saturated rings. The van der Waals surface area contributed by atoms with Gasteiger partial charge in [-0.1, -0.05) is 11.3 Å². The van der Waals surface area contributed by atoms with Gasteiger partial charge in [0.05, 0.1) is 6.20 Å². The fourth-order valence-electron chi connectivity index (χ4n) is 0.539. The summed E-state index contributed by atoms with van der Waals surface area (Å²) in [6.45, 7) is 1.82. The summed E-state index contributed by atoms with van der Waals surface area (Å²) in [5, 5.41) is 8.43. The summed E-state index contributed by atoms with van der Waals surface area (Å²) < 4.78 is 11.6. The van der Waals surface area contributed by atoms with Crippen LogP contribution in [0.1, 0.15) is 11.8 Å². The third-order valence-corrected chi connectivity index (χ3v) is 3.58. The van der Waals surface area contributed by atoms with E-state index in [1.54, 1.807) is 0 Å². The van der Waals surface area contributed by atoms with E-state index in [4.69, 9.17) is 5.26 Å². The molecular weight excluding hydrogens is 180 g/mol. The van der Waals surface area contributed by atoms with Crippen molar-refractivity contribution in [3.8, 4) is 6.07 Å². The molecule has 1 aromatic rings. The van der Waals surface area contributed by atoms with Crippen molar-refractivity contribution in [3.63, 3.8) is 0 Å². The molecule has 3 nitrogen and oxygen atoms in total. The Kier molecular flexibility index (Phi) is 2.88. The molecule has 58 valence electrons. The maximum absolute atomic E-state index is 11.1. The average molecular weight is 186 g/mol. The smallest absolute Gasteiger partial charge is 0.302 e. The standard InChI is InChI=1S/C6H6N2OS2/c1-2-11(9)6-8-4-5(3-7)10-6/h4H,2H2,1H3. The molecule has 1 atom stereocenters. The highest BCUT2D eigenvalue weighted by Gasteiger charge is 2.12. The summed E-state index contributed by atoms with van der Waals surface area (Å²) in [5.74, 6) is 0.554. The lowest BCUT2D eigenvalue weighted by atomic mass is 10.6. The van der Waals surface area contributed by atoms with Gasteiger partial charge in [0.1, 0.15) is 16.7 Å². The van der Waals surface area contributed by atoms with Crippen LogP contribution in [0.25, 0.3) is 0 Å². The normalized spacial score (nSPS) is 12.5. The van der Waals surface area contributed by atoms with Crippen molar-refractivity contribution >= 4 is 22.5 Å². The number of thiazole rings is 1. The van der Waals surface area contributed by atoms with Crippen LogP contribution in [0.5, 0.6) is 0 Å². The minimum atomic E-state index is -1.01. The van der Waals surface area contributed by atoms with E-state index in [2.05, 4.69) is 4.98 Å². The van der Waals surface area contributed by atoms with Crippen molar-refractivity contribution in [2.24, 2.45) is 0 Å². The zero-order valence-electron chi connectivity index (χ0n) is 5.90. The first kappa shape index (κ1) is 8.53. The first-order valence-electron chi connectivity index (χ1n) is 3.02. The number of rotatable bonds is 2. The van der Waals surface area contributed by atoms with Gasteiger partial charge in [0.2, 0.25) is 0 Å². The highest BCUT2D eigenvalue weighted by atomic mass is 32.2. The van der Waals surface area contributed by atoms with Gasteiger partial charge in [0.25, 0.3) is 0 Å². The zero-order chi connectivity index (χ0) is 8.27. The number of hydrogen-bond donors (Lipinski definition) is 0. The van der Waals surface area contributed by atoms with Crippen molar-refractivity contribution in [2.45, 2.75) is 11.3 Å². The van der Waals surface area contributed by atoms with E-state index >= 15 is 0 Å². The SMILES string of the molecule is CC[S+]([O-])c1ncc(C#N)s1. The molecule has 0 amide bonds. The lowest BCUT2D eigenvalue weighted by Gasteiger charge is -2.00. The van der Waals surface area contributed by atoms with Gasteiger partial charge >= 0.3 is 4.34 Å². The predicted octanol–water partition coefficient (Wildman–Crippen LogP) is 1.14. The van der Waals surface area contributed by atoms with Crippen molar-refractivity contribution in [3.05, 3.63) is 11.1 Å². The number of aromatic nitrogens is 1. The van der Waals surface area contributed by atoms with Gasteiger partial charge in [-0.15, -0.1) is 0 Å². The molecule has 0 aliphatic heterocycles. The molecule has 0 saturated carbocycles. The van der Waals surface area contributed by atoms with E-state index in [-0.39, 0.29) is 0 Å². The third kappa shape index (κ3) is 1.93. The largest absolute Gasteiger partial charge is 0.610 e. The molecule has 0 aromatic carbocycles. The number of hydrogen-bond acceptors (Lipinski definition) is 4. The molecule has 0 aliphatic carbocycles. The first-order valence-corrected chi connectivity index (χ1v) is 5.15. The number of nitriles is 1. The van der Waals surface area contributed by atoms with Crippen molar-refractivity contribution < 1.29 is 4.55 Å². The second-order valence-corrected chi connectivity index (χ2v) is 4.68. The van der Waals surface area contributed by atoms with Crippen LogP contribution < -0.4 is 0 Å². The molecule has 1 aromatic heterocycles. The summed E-state index contributed by atoms with van der Waals surface area (Å²) >= 11 is 0.178. The van der Waals surface area contributed by atoms with E-state index in [1.807, 2.05) is 13.0 Å².